The lowest BCUT2D eigenvalue weighted by Gasteiger charge is -2.68. The van der Waals surface area contributed by atoms with E-state index in [1.807, 2.05) is 0 Å². The summed E-state index contributed by atoms with van der Waals surface area (Å²) in [5, 5.41) is 44.8. The third kappa shape index (κ3) is 2.80. The Balaban J connectivity index is 1.69. The molecule has 5 rings (SSSR count). The van der Waals surface area contributed by atoms with Crippen molar-refractivity contribution in [1.82, 2.24) is 0 Å². The topological polar surface area (TPSA) is 160 Å². The van der Waals surface area contributed by atoms with Crippen LogP contribution in [-0.2, 0) is 28.6 Å². The molecule has 4 fully saturated rings. The average molecular weight is 495 g/mol. The lowest BCUT2D eigenvalue weighted by molar-refractivity contribution is -0.340. The van der Waals surface area contributed by atoms with Crippen LogP contribution in [0.4, 0.5) is 0 Å². The molecule has 4 N–H and O–H groups in total. The predicted molar refractivity (Wildman–Crippen MR) is 117 cm³/mol. The Hall–Kier alpha value is -1.85. The van der Waals surface area contributed by atoms with Crippen molar-refractivity contribution < 1.29 is 49.0 Å². The van der Waals surface area contributed by atoms with Gasteiger partial charge in [-0.3, -0.25) is 4.79 Å². The zero-order valence-corrected chi connectivity index (χ0v) is 20.6. The van der Waals surface area contributed by atoms with E-state index < -0.39 is 88.0 Å². The molecule has 3 aliphatic carbocycles. The van der Waals surface area contributed by atoms with E-state index in [0.717, 1.165) is 0 Å². The van der Waals surface area contributed by atoms with Gasteiger partial charge in [0.05, 0.1) is 6.61 Å². The number of hydrogen-bond donors (Lipinski definition) is 4. The van der Waals surface area contributed by atoms with Gasteiger partial charge in [0.2, 0.25) is 6.10 Å². The molecule has 2 bridgehead atoms. The van der Waals surface area contributed by atoms with Crippen molar-refractivity contribution in [3.05, 3.63) is 11.6 Å². The minimum atomic E-state index is -2.12. The molecule has 35 heavy (non-hydrogen) atoms. The molecule has 2 unspecified atom stereocenters. The first-order chi connectivity index (χ1) is 16.2. The highest BCUT2D eigenvalue weighted by molar-refractivity contribution is 5.96. The number of ketones is 1. The van der Waals surface area contributed by atoms with Crippen LogP contribution in [0.2, 0.25) is 0 Å². The predicted octanol–water partition coefficient (Wildman–Crippen LogP) is -0.151. The van der Waals surface area contributed by atoms with Crippen molar-refractivity contribution in [2.75, 3.05) is 6.61 Å². The Morgan fingerprint density at radius 1 is 1.31 bits per heavy atom. The van der Waals surface area contributed by atoms with Gasteiger partial charge in [0, 0.05) is 22.7 Å². The summed E-state index contributed by atoms with van der Waals surface area (Å²) in [4.78, 5) is 38.8. The summed E-state index contributed by atoms with van der Waals surface area (Å²) >= 11 is 0. The number of hydrogen-bond acceptors (Lipinski definition) is 10. The molecule has 0 radical (unpaired) electrons. The lowest BCUT2D eigenvalue weighted by atomic mass is 9.38. The summed E-state index contributed by atoms with van der Waals surface area (Å²) < 4.78 is 17.4. The van der Waals surface area contributed by atoms with Crippen LogP contribution in [0, 0.1) is 34.5 Å². The molecule has 2 aliphatic heterocycles. The Labute approximate surface area is 203 Å². The number of fused-ring (bicyclic) bond motifs is 1. The number of aliphatic hydroxyl groups excluding tert-OH is 2. The van der Waals surface area contributed by atoms with Gasteiger partial charge in [-0.2, -0.15) is 0 Å². The first-order valence-electron chi connectivity index (χ1n) is 12.3. The van der Waals surface area contributed by atoms with Crippen molar-refractivity contribution in [2.24, 2.45) is 34.5 Å². The second-order valence-corrected chi connectivity index (χ2v) is 11.6. The molecule has 5 aliphatic rings. The molecule has 0 aromatic rings. The average Bonchev–Trinajstić information content (AvgIpc) is 3.08. The summed E-state index contributed by atoms with van der Waals surface area (Å²) in [5.41, 5.74) is -3.54. The fraction of sp³-hybridized carbons (Fsp3) is 0.800. The summed E-state index contributed by atoms with van der Waals surface area (Å²) in [5.74, 6) is -7.47. The molecular formula is C25H34O10. The number of esters is 2. The maximum atomic E-state index is 13.3. The number of carbonyl (C=O) groups is 3. The van der Waals surface area contributed by atoms with E-state index >= 15 is 0 Å². The van der Waals surface area contributed by atoms with Gasteiger partial charge in [-0.15, -0.1) is 0 Å². The van der Waals surface area contributed by atoms with Crippen molar-refractivity contribution in [2.45, 2.75) is 83.3 Å². The highest BCUT2D eigenvalue weighted by Crippen LogP contribution is 2.73. The molecule has 194 valence electrons. The van der Waals surface area contributed by atoms with E-state index in [1.54, 1.807) is 27.7 Å². The highest BCUT2D eigenvalue weighted by atomic mass is 16.7. The molecule has 0 amide bonds. The molecule has 2 heterocycles. The standard InChI is InChI=1S/C25H34O10/c1-6-22(4,31)21(30)35-16-15-11(3)17(27)25(32)20-23(5)12(10(2)7-13(26)18(23)28)8-14(34-19(16)29)24(15,20)9-33-25/h7,11-12,14-18,20,27-28,31-32H,6,8-9H2,1-5H3/t11?,12-,14+,15+,16+,17?,18+,20+,22-,23+,24-,25-/m0/s1. The van der Waals surface area contributed by atoms with Gasteiger partial charge in [0.15, 0.2) is 17.2 Å². The van der Waals surface area contributed by atoms with Gasteiger partial charge in [-0.1, -0.05) is 26.3 Å². The minimum absolute atomic E-state index is 0.0510. The summed E-state index contributed by atoms with van der Waals surface area (Å²) in [6.45, 7) is 7.88. The molecule has 0 aromatic carbocycles. The van der Waals surface area contributed by atoms with Gasteiger partial charge in [0.25, 0.3) is 0 Å². The van der Waals surface area contributed by atoms with Crippen molar-refractivity contribution >= 4 is 17.7 Å². The lowest BCUT2D eigenvalue weighted by Crippen LogP contribution is -2.78. The van der Waals surface area contributed by atoms with Crippen molar-refractivity contribution in [3.63, 3.8) is 0 Å². The Bertz CT molecular complexity index is 1020. The SMILES string of the molecule is CC[C@](C)(O)C(=O)O[C@H]1C(=O)O[C@@H]2C[C@H]3C(C)=CC(=O)[C@@H](O)[C@]3(C)[C@@H]3[C@@]24CO[C@@]3(O)C(O)C(C)[C@H]14. The van der Waals surface area contributed by atoms with Gasteiger partial charge < -0.3 is 34.6 Å². The second kappa shape index (κ2) is 7.35. The minimum Gasteiger partial charge on any atom is -0.459 e. The normalized spacial score (nSPS) is 52.0. The largest absolute Gasteiger partial charge is 0.459 e. The van der Waals surface area contributed by atoms with E-state index in [4.69, 9.17) is 14.2 Å². The van der Waals surface area contributed by atoms with E-state index in [2.05, 4.69) is 0 Å². The molecular weight excluding hydrogens is 460 g/mol. The Morgan fingerprint density at radius 3 is 2.60 bits per heavy atom. The van der Waals surface area contributed by atoms with Crippen molar-refractivity contribution in [1.29, 1.82) is 0 Å². The highest BCUT2D eigenvalue weighted by Gasteiger charge is 2.83. The van der Waals surface area contributed by atoms with Crippen LogP contribution in [0.15, 0.2) is 11.6 Å². The van der Waals surface area contributed by atoms with Crippen LogP contribution in [-0.4, -0.2) is 80.6 Å². The fourth-order valence-electron chi connectivity index (χ4n) is 8.12. The van der Waals surface area contributed by atoms with Crippen LogP contribution in [0.3, 0.4) is 0 Å². The zero-order valence-electron chi connectivity index (χ0n) is 20.6. The van der Waals surface area contributed by atoms with Gasteiger partial charge in [0.1, 0.15) is 18.3 Å². The van der Waals surface area contributed by atoms with Gasteiger partial charge >= 0.3 is 11.9 Å². The van der Waals surface area contributed by atoms with Crippen LogP contribution in [0.5, 0.6) is 0 Å². The zero-order chi connectivity index (χ0) is 25.9. The number of rotatable bonds is 3. The molecule has 12 atom stereocenters. The van der Waals surface area contributed by atoms with Crippen LogP contribution in [0.1, 0.15) is 47.5 Å². The second-order valence-electron chi connectivity index (χ2n) is 11.6. The fourth-order valence-corrected chi connectivity index (χ4v) is 8.12. The van der Waals surface area contributed by atoms with Crippen LogP contribution >= 0.6 is 0 Å². The monoisotopic (exact) mass is 494 g/mol. The summed E-state index contributed by atoms with van der Waals surface area (Å²) in [7, 11) is 0. The quantitative estimate of drug-likeness (QED) is 0.389. The molecule has 2 saturated carbocycles. The maximum Gasteiger partial charge on any atom is 0.348 e. The first kappa shape index (κ1) is 24.8. The molecule has 10 nitrogen and oxygen atoms in total. The third-order valence-electron chi connectivity index (χ3n) is 9.99. The first-order valence-corrected chi connectivity index (χ1v) is 12.3. The maximum absolute atomic E-state index is 13.3. The van der Waals surface area contributed by atoms with Crippen LogP contribution < -0.4 is 0 Å². The smallest absolute Gasteiger partial charge is 0.348 e. The molecule has 10 heteroatoms. The van der Waals surface area contributed by atoms with Crippen molar-refractivity contribution in [3.8, 4) is 0 Å². The number of carbonyl (C=O) groups excluding carboxylic acids is 3. The summed E-state index contributed by atoms with van der Waals surface area (Å²) in [6.07, 6.45) is -3.51. The van der Waals surface area contributed by atoms with Crippen LogP contribution in [0.25, 0.3) is 0 Å². The molecule has 1 spiro atoms. The van der Waals surface area contributed by atoms with Gasteiger partial charge in [-0.05, 0) is 44.6 Å². The third-order valence-corrected chi connectivity index (χ3v) is 9.99. The Morgan fingerprint density at radius 2 is 1.97 bits per heavy atom. The Kier molecular flexibility index (Phi) is 5.21. The van der Waals surface area contributed by atoms with E-state index in [9.17, 15) is 34.8 Å². The van der Waals surface area contributed by atoms with E-state index in [0.29, 0.717) is 5.57 Å². The van der Waals surface area contributed by atoms with E-state index in [1.165, 1.54) is 13.0 Å². The molecule has 2 saturated heterocycles. The van der Waals surface area contributed by atoms with E-state index in [-0.39, 0.29) is 19.4 Å². The molecule has 0 aromatic heterocycles. The number of ether oxygens (including phenoxy) is 3. The number of allylic oxidation sites excluding steroid dienone is 1. The number of aliphatic hydroxyl groups is 4. The summed E-state index contributed by atoms with van der Waals surface area (Å²) in [6, 6.07) is 0. The van der Waals surface area contributed by atoms with Gasteiger partial charge in [-0.25, -0.2) is 9.59 Å².